The molecule has 0 aliphatic carbocycles. The Labute approximate surface area is 315 Å². The van der Waals surface area contributed by atoms with Crippen molar-refractivity contribution in [1.82, 2.24) is 9.13 Å². The van der Waals surface area contributed by atoms with Gasteiger partial charge in [0.2, 0.25) is 0 Å². The van der Waals surface area contributed by atoms with Gasteiger partial charge in [-0.3, -0.25) is 0 Å². The molecule has 9 nitrogen and oxygen atoms in total. The van der Waals surface area contributed by atoms with E-state index in [1.165, 1.54) is 43.6 Å². The molecule has 2 heterocycles. The summed E-state index contributed by atoms with van der Waals surface area (Å²) in [6.45, 7) is 3.78. The lowest BCUT2D eigenvalue weighted by atomic mass is 10.0. The second-order valence-corrected chi connectivity index (χ2v) is 13.4. The summed E-state index contributed by atoms with van der Waals surface area (Å²) in [5, 5.41) is 24.2. The van der Waals surface area contributed by atoms with Gasteiger partial charge in [0.25, 0.3) is 0 Å². The Bertz CT molecular complexity index is 2220. The standard InChI is InChI=1S/C45H48N2O7/c48-24-28-52-30-29-51-27-21-38-39(45(49)50)31-33(53-25-11-9-22-46-40-17-5-1-13-34(40)35-14-2-6-18-41(35)46)32-44(38)54-26-12-10-23-47-42-19-7-3-15-36(42)37-16-4-8-20-43(37)47/h1-8,13-20,31-32,48H,9-12,21-30H2,(H,49,50). The van der Waals surface area contributed by atoms with Crippen LogP contribution in [0.4, 0.5) is 0 Å². The van der Waals surface area contributed by atoms with Crippen molar-refractivity contribution in [2.75, 3.05) is 46.2 Å². The highest BCUT2D eigenvalue weighted by molar-refractivity contribution is 6.08. The predicted molar refractivity (Wildman–Crippen MR) is 214 cm³/mol. The molecule has 0 saturated heterocycles. The summed E-state index contributed by atoms with van der Waals surface area (Å²) >= 11 is 0. The van der Waals surface area contributed by atoms with Crippen LogP contribution in [-0.2, 0) is 29.0 Å². The summed E-state index contributed by atoms with van der Waals surface area (Å²) in [6.07, 6.45) is 3.74. The van der Waals surface area contributed by atoms with Crippen LogP contribution in [0.3, 0.4) is 0 Å². The van der Waals surface area contributed by atoms with Crippen LogP contribution in [0.25, 0.3) is 43.6 Å². The van der Waals surface area contributed by atoms with Gasteiger partial charge in [0.05, 0.1) is 51.8 Å². The number of rotatable bonds is 21. The molecule has 9 heteroatoms. The number of benzene rings is 5. The third-order valence-electron chi connectivity index (χ3n) is 9.96. The number of aryl methyl sites for hydroxylation is 2. The topological polar surface area (TPSA) is 104 Å². The van der Waals surface area contributed by atoms with Crippen LogP contribution in [0.1, 0.15) is 41.6 Å². The van der Waals surface area contributed by atoms with Crippen molar-refractivity contribution >= 4 is 49.6 Å². The predicted octanol–water partition coefficient (Wildman–Crippen LogP) is 8.89. The minimum Gasteiger partial charge on any atom is -0.493 e. The lowest BCUT2D eigenvalue weighted by Crippen LogP contribution is -2.13. The fourth-order valence-electron chi connectivity index (χ4n) is 7.45. The maximum atomic E-state index is 12.6. The molecule has 0 saturated carbocycles. The fraction of sp³-hybridized carbons (Fsp3) is 0.311. The number of ether oxygens (including phenoxy) is 4. The molecule has 0 fully saturated rings. The molecule has 0 radical (unpaired) electrons. The number of nitrogens with zero attached hydrogens (tertiary/aromatic N) is 2. The zero-order valence-electron chi connectivity index (χ0n) is 30.6. The first-order chi connectivity index (χ1) is 26.6. The van der Waals surface area contributed by atoms with Gasteiger partial charge >= 0.3 is 5.97 Å². The molecule has 7 aromatic rings. The van der Waals surface area contributed by atoms with Crippen LogP contribution < -0.4 is 9.47 Å². The van der Waals surface area contributed by atoms with Crippen LogP contribution in [0.2, 0.25) is 0 Å². The third kappa shape index (κ3) is 8.39. The van der Waals surface area contributed by atoms with Crippen LogP contribution in [0.5, 0.6) is 11.5 Å². The summed E-state index contributed by atoms with van der Waals surface area (Å²) in [5.41, 5.74) is 5.61. The number of para-hydroxylation sites is 4. The molecule has 7 rings (SSSR count). The largest absolute Gasteiger partial charge is 0.493 e. The van der Waals surface area contributed by atoms with Crippen molar-refractivity contribution < 1.29 is 34.0 Å². The molecule has 0 aliphatic rings. The highest BCUT2D eigenvalue weighted by Crippen LogP contribution is 2.32. The van der Waals surface area contributed by atoms with E-state index in [2.05, 4.69) is 106 Å². The number of aromatic carboxylic acids is 1. The normalized spacial score (nSPS) is 11.6. The Balaban J connectivity index is 1.00. The monoisotopic (exact) mass is 728 g/mol. The molecule has 5 aromatic carbocycles. The Kier molecular flexibility index (Phi) is 12.4. The average molecular weight is 729 g/mol. The van der Waals surface area contributed by atoms with E-state index in [4.69, 9.17) is 24.1 Å². The average Bonchev–Trinajstić information content (AvgIpc) is 3.70. The van der Waals surface area contributed by atoms with E-state index in [-0.39, 0.29) is 18.8 Å². The molecule has 0 bridgehead atoms. The van der Waals surface area contributed by atoms with Gasteiger partial charge in [-0.25, -0.2) is 4.79 Å². The number of hydrogen-bond donors (Lipinski definition) is 2. The minimum atomic E-state index is -1.04. The Hall–Kier alpha value is -5.35. The summed E-state index contributed by atoms with van der Waals surface area (Å²) in [7, 11) is 0. The second kappa shape index (κ2) is 18.1. The number of unbranched alkanes of at least 4 members (excludes halogenated alkanes) is 2. The zero-order valence-corrected chi connectivity index (χ0v) is 30.6. The smallest absolute Gasteiger partial charge is 0.336 e. The van der Waals surface area contributed by atoms with Gasteiger partial charge in [-0.15, -0.1) is 0 Å². The number of aliphatic hydroxyl groups is 1. The van der Waals surface area contributed by atoms with E-state index in [0.717, 1.165) is 38.8 Å². The second-order valence-electron chi connectivity index (χ2n) is 13.4. The zero-order chi connectivity index (χ0) is 37.1. The van der Waals surface area contributed by atoms with E-state index in [0.29, 0.717) is 56.5 Å². The van der Waals surface area contributed by atoms with Crippen LogP contribution in [-0.4, -0.2) is 71.6 Å². The molecule has 0 atom stereocenters. The first kappa shape index (κ1) is 37.0. The van der Waals surface area contributed by atoms with E-state index < -0.39 is 5.97 Å². The van der Waals surface area contributed by atoms with Crippen molar-refractivity contribution in [3.8, 4) is 11.5 Å². The third-order valence-corrected chi connectivity index (χ3v) is 9.96. The van der Waals surface area contributed by atoms with Crippen molar-refractivity contribution in [1.29, 1.82) is 0 Å². The summed E-state index contributed by atoms with van der Waals surface area (Å²) in [6, 6.07) is 37.4. The number of aromatic nitrogens is 2. The number of fused-ring (bicyclic) bond motifs is 6. The summed E-state index contributed by atoms with van der Waals surface area (Å²) < 4.78 is 28.3. The van der Waals surface area contributed by atoms with Crippen LogP contribution >= 0.6 is 0 Å². The molecule has 0 spiro atoms. The number of carbonyl (C=O) groups is 1. The number of carboxylic acid groups (broad SMARTS) is 1. The van der Waals surface area contributed by atoms with Crippen molar-refractivity contribution in [2.45, 2.75) is 45.2 Å². The van der Waals surface area contributed by atoms with Gasteiger partial charge in [0.15, 0.2) is 0 Å². The number of hydrogen-bond acceptors (Lipinski definition) is 6. The molecule has 54 heavy (non-hydrogen) atoms. The molecule has 0 aliphatic heterocycles. The lowest BCUT2D eigenvalue weighted by Gasteiger charge is -2.17. The molecular formula is C45H48N2O7. The van der Waals surface area contributed by atoms with Crippen molar-refractivity contribution in [3.63, 3.8) is 0 Å². The maximum absolute atomic E-state index is 12.6. The Morgan fingerprint density at radius 2 is 1.00 bits per heavy atom. The Morgan fingerprint density at radius 3 is 1.48 bits per heavy atom. The summed E-state index contributed by atoms with van der Waals surface area (Å²) in [4.78, 5) is 12.6. The van der Waals surface area contributed by atoms with Gasteiger partial charge in [0.1, 0.15) is 11.5 Å². The van der Waals surface area contributed by atoms with Crippen LogP contribution in [0, 0.1) is 0 Å². The number of aliphatic hydroxyl groups excluding tert-OH is 1. The molecular weight excluding hydrogens is 681 g/mol. The van der Waals surface area contributed by atoms with Gasteiger partial charge in [0, 0.05) is 74.8 Å². The van der Waals surface area contributed by atoms with Gasteiger partial charge < -0.3 is 38.3 Å². The van der Waals surface area contributed by atoms with Gasteiger partial charge in [-0.2, -0.15) is 0 Å². The first-order valence-electron chi connectivity index (χ1n) is 19.0. The van der Waals surface area contributed by atoms with Gasteiger partial charge in [-0.05, 0) is 56.0 Å². The first-order valence-corrected chi connectivity index (χ1v) is 19.0. The quantitative estimate of drug-likeness (QED) is 0.0713. The fourth-order valence-corrected chi connectivity index (χ4v) is 7.45. The molecule has 0 unspecified atom stereocenters. The number of carboxylic acids is 1. The van der Waals surface area contributed by atoms with Crippen LogP contribution in [0.15, 0.2) is 109 Å². The SMILES string of the molecule is O=C(O)c1cc(OCCCCn2c3ccccc3c3ccccc32)cc(OCCCCn2c3ccccc3c3ccccc32)c1CCOCCOCCO. The Morgan fingerprint density at radius 1 is 0.537 bits per heavy atom. The molecule has 280 valence electrons. The molecule has 0 amide bonds. The molecule has 2 aromatic heterocycles. The van der Waals surface area contributed by atoms with E-state index >= 15 is 0 Å². The highest BCUT2D eigenvalue weighted by Gasteiger charge is 2.19. The van der Waals surface area contributed by atoms with E-state index in [9.17, 15) is 9.90 Å². The highest BCUT2D eigenvalue weighted by atomic mass is 16.5. The lowest BCUT2D eigenvalue weighted by molar-refractivity contribution is 0.0338. The summed E-state index contributed by atoms with van der Waals surface area (Å²) in [5.74, 6) is -0.0527. The van der Waals surface area contributed by atoms with E-state index in [1.54, 1.807) is 6.07 Å². The van der Waals surface area contributed by atoms with Gasteiger partial charge in [-0.1, -0.05) is 72.8 Å². The maximum Gasteiger partial charge on any atom is 0.336 e. The van der Waals surface area contributed by atoms with E-state index in [1.807, 2.05) is 6.07 Å². The minimum absolute atomic E-state index is 0.0444. The van der Waals surface area contributed by atoms with Crippen molar-refractivity contribution in [3.05, 3.63) is 120 Å². The molecule has 2 N–H and O–H groups in total. The van der Waals surface area contributed by atoms with Crippen molar-refractivity contribution in [2.24, 2.45) is 0 Å².